The van der Waals surface area contributed by atoms with Gasteiger partial charge in [0.2, 0.25) is 5.78 Å². The molecule has 0 fully saturated rings. The lowest BCUT2D eigenvalue weighted by Gasteiger charge is -1.93. The summed E-state index contributed by atoms with van der Waals surface area (Å²) in [5, 5.41) is 8.01. The number of hydrogen-bond donors (Lipinski definition) is 1. The standard InChI is InChI=1S/C7H6O5/c1-5(8)7(11)12-4-2-3-6(9)10/h4H2,1H3,(H,9,10). The van der Waals surface area contributed by atoms with Gasteiger partial charge in [-0.15, -0.1) is 0 Å². The topological polar surface area (TPSA) is 80.7 Å². The number of carbonyl (C=O) groups excluding carboxylic acids is 2. The zero-order valence-corrected chi connectivity index (χ0v) is 6.29. The highest BCUT2D eigenvalue weighted by atomic mass is 16.5. The molecule has 5 heteroatoms. The number of Topliss-reactive ketones (excluding diaryl/α,β-unsaturated/α-hetero) is 1. The van der Waals surface area contributed by atoms with Gasteiger partial charge in [-0.25, -0.2) is 9.59 Å². The molecule has 1 N–H and O–H groups in total. The Morgan fingerprint density at radius 1 is 1.42 bits per heavy atom. The molecule has 0 saturated heterocycles. The fourth-order valence-corrected chi connectivity index (χ4v) is 0.315. The van der Waals surface area contributed by atoms with E-state index in [0.29, 0.717) is 0 Å². The van der Waals surface area contributed by atoms with Gasteiger partial charge in [-0.3, -0.25) is 4.79 Å². The first-order valence-electron chi connectivity index (χ1n) is 2.93. The summed E-state index contributed by atoms with van der Waals surface area (Å²) in [6.45, 7) is 0.664. The van der Waals surface area contributed by atoms with E-state index in [-0.39, 0.29) is 6.61 Å². The van der Waals surface area contributed by atoms with Gasteiger partial charge in [0.15, 0.2) is 6.61 Å². The lowest BCUT2D eigenvalue weighted by Crippen LogP contribution is -2.13. The monoisotopic (exact) mass is 170 g/mol. The van der Waals surface area contributed by atoms with Crippen molar-refractivity contribution in [2.75, 3.05) is 6.61 Å². The highest BCUT2D eigenvalue weighted by Crippen LogP contribution is 1.78. The van der Waals surface area contributed by atoms with Crippen molar-refractivity contribution in [3.63, 3.8) is 0 Å². The summed E-state index contributed by atoms with van der Waals surface area (Å²) < 4.78 is 4.23. The van der Waals surface area contributed by atoms with Crippen LogP contribution in [0.5, 0.6) is 0 Å². The fourth-order valence-electron chi connectivity index (χ4n) is 0.315. The van der Waals surface area contributed by atoms with E-state index in [1.54, 1.807) is 5.92 Å². The van der Waals surface area contributed by atoms with E-state index < -0.39 is 17.7 Å². The number of hydrogen-bond acceptors (Lipinski definition) is 4. The molecule has 64 valence electrons. The quantitative estimate of drug-likeness (QED) is 0.333. The number of carboxylic acid groups (broad SMARTS) is 1. The van der Waals surface area contributed by atoms with Crippen LogP contribution in [-0.4, -0.2) is 29.4 Å². The largest absolute Gasteiger partial charge is 0.472 e. The maximum absolute atomic E-state index is 10.4. The van der Waals surface area contributed by atoms with Crippen molar-refractivity contribution in [1.29, 1.82) is 0 Å². The van der Waals surface area contributed by atoms with Crippen LogP contribution in [0, 0.1) is 11.8 Å². The van der Waals surface area contributed by atoms with E-state index in [1.165, 1.54) is 0 Å². The van der Waals surface area contributed by atoms with Gasteiger partial charge in [-0.1, -0.05) is 0 Å². The molecule has 0 unspecified atom stereocenters. The molecule has 0 aliphatic carbocycles. The Hall–Kier alpha value is -1.83. The number of aliphatic carboxylic acids is 1. The Kier molecular flexibility index (Phi) is 4.16. The summed E-state index contributed by atoms with van der Waals surface area (Å²) in [5.74, 6) is 0.670. The Balaban J connectivity index is 3.73. The molecule has 0 aromatic heterocycles. The number of carboxylic acids is 1. The van der Waals surface area contributed by atoms with Gasteiger partial charge < -0.3 is 9.84 Å². The molecule has 12 heavy (non-hydrogen) atoms. The van der Waals surface area contributed by atoms with Crippen molar-refractivity contribution >= 4 is 17.7 Å². The van der Waals surface area contributed by atoms with E-state index in [2.05, 4.69) is 4.74 Å². The van der Waals surface area contributed by atoms with Gasteiger partial charge in [-0.05, 0) is 5.92 Å². The van der Waals surface area contributed by atoms with Crippen LogP contribution < -0.4 is 0 Å². The Labute approximate surface area is 68.3 Å². The highest BCUT2D eigenvalue weighted by molar-refractivity contribution is 6.32. The van der Waals surface area contributed by atoms with E-state index in [9.17, 15) is 14.4 Å². The second kappa shape index (κ2) is 4.91. The van der Waals surface area contributed by atoms with Crippen LogP contribution in [0.2, 0.25) is 0 Å². The summed E-state index contributed by atoms with van der Waals surface area (Å²) in [5.41, 5.74) is 0. The molecule has 0 aromatic rings. The van der Waals surface area contributed by atoms with Gasteiger partial charge in [-0.2, -0.15) is 0 Å². The summed E-state index contributed by atoms with van der Waals surface area (Å²) in [4.78, 5) is 30.4. The number of carbonyl (C=O) groups is 3. The summed E-state index contributed by atoms with van der Waals surface area (Å²) in [7, 11) is 0. The second-order valence-corrected chi connectivity index (χ2v) is 1.74. The number of ether oxygens (including phenoxy) is 1. The molecule has 0 atom stereocenters. The van der Waals surface area contributed by atoms with Gasteiger partial charge in [0.05, 0.1) is 0 Å². The maximum Gasteiger partial charge on any atom is 0.382 e. The Morgan fingerprint density at radius 3 is 2.42 bits per heavy atom. The van der Waals surface area contributed by atoms with Crippen LogP contribution in [0.25, 0.3) is 0 Å². The van der Waals surface area contributed by atoms with Crippen LogP contribution in [0.3, 0.4) is 0 Å². The predicted molar refractivity (Wildman–Crippen MR) is 37.1 cm³/mol. The molecular formula is C7H6O5. The average molecular weight is 170 g/mol. The summed E-state index contributed by atoms with van der Waals surface area (Å²) >= 11 is 0. The first-order chi connectivity index (χ1) is 5.54. The van der Waals surface area contributed by atoms with Crippen molar-refractivity contribution in [2.45, 2.75) is 6.92 Å². The first-order valence-corrected chi connectivity index (χ1v) is 2.93. The third-order valence-electron chi connectivity index (χ3n) is 0.758. The van der Waals surface area contributed by atoms with Gasteiger partial charge in [0.25, 0.3) is 0 Å². The second-order valence-electron chi connectivity index (χ2n) is 1.74. The molecule has 0 spiro atoms. The average Bonchev–Trinajstić information content (AvgIpc) is 1.97. The minimum atomic E-state index is -1.31. The van der Waals surface area contributed by atoms with Crippen LogP contribution in [-0.2, 0) is 19.1 Å². The molecule has 0 saturated carbocycles. The molecule has 5 nitrogen and oxygen atoms in total. The maximum atomic E-state index is 10.4. The molecular weight excluding hydrogens is 164 g/mol. The van der Waals surface area contributed by atoms with Crippen molar-refractivity contribution in [3.8, 4) is 11.8 Å². The Morgan fingerprint density at radius 2 is 2.00 bits per heavy atom. The number of ketones is 1. The van der Waals surface area contributed by atoms with Gasteiger partial charge in [0.1, 0.15) is 0 Å². The normalized spacial score (nSPS) is 7.75. The summed E-state index contributed by atoms with van der Waals surface area (Å²) in [6, 6.07) is 0. The van der Waals surface area contributed by atoms with Crippen molar-refractivity contribution in [3.05, 3.63) is 0 Å². The van der Waals surface area contributed by atoms with Gasteiger partial charge >= 0.3 is 11.9 Å². The predicted octanol–water partition coefficient (Wildman–Crippen LogP) is -0.793. The molecule has 0 rings (SSSR count). The molecule has 0 heterocycles. The van der Waals surface area contributed by atoms with E-state index in [4.69, 9.17) is 5.11 Å². The van der Waals surface area contributed by atoms with E-state index in [1.807, 2.05) is 5.92 Å². The molecule has 0 aliphatic rings. The zero-order chi connectivity index (χ0) is 9.56. The first kappa shape index (κ1) is 10.2. The molecule has 0 amide bonds. The minimum absolute atomic E-state index is 0.384. The highest BCUT2D eigenvalue weighted by Gasteiger charge is 2.06. The molecule has 0 aliphatic heterocycles. The number of esters is 1. The van der Waals surface area contributed by atoms with Crippen molar-refractivity contribution in [1.82, 2.24) is 0 Å². The lowest BCUT2D eigenvalue weighted by atomic mass is 10.5. The van der Waals surface area contributed by atoms with Crippen molar-refractivity contribution in [2.24, 2.45) is 0 Å². The third-order valence-corrected chi connectivity index (χ3v) is 0.758. The van der Waals surface area contributed by atoms with Crippen LogP contribution in [0.15, 0.2) is 0 Å². The van der Waals surface area contributed by atoms with Crippen LogP contribution in [0.4, 0.5) is 0 Å². The zero-order valence-electron chi connectivity index (χ0n) is 6.29. The van der Waals surface area contributed by atoms with E-state index >= 15 is 0 Å². The summed E-state index contributed by atoms with van der Waals surface area (Å²) in [6.07, 6.45) is 0. The Bertz CT molecular complexity index is 267. The molecule has 0 radical (unpaired) electrons. The minimum Gasteiger partial charge on any atom is -0.472 e. The smallest absolute Gasteiger partial charge is 0.382 e. The fraction of sp³-hybridized carbons (Fsp3) is 0.286. The molecule has 0 bridgehead atoms. The van der Waals surface area contributed by atoms with Crippen molar-refractivity contribution < 1.29 is 24.2 Å². The third kappa shape index (κ3) is 4.99. The SMILES string of the molecule is CC(=O)C(=O)OCC#CC(=O)O. The van der Waals surface area contributed by atoms with E-state index in [0.717, 1.165) is 6.92 Å². The van der Waals surface area contributed by atoms with Crippen LogP contribution in [0.1, 0.15) is 6.92 Å². The van der Waals surface area contributed by atoms with Crippen LogP contribution >= 0.6 is 0 Å². The lowest BCUT2D eigenvalue weighted by molar-refractivity contribution is -0.151. The van der Waals surface area contributed by atoms with Gasteiger partial charge in [0, 0.05) is 12.8 Å². The number of rotatable bonds is 2. The molecule has 0 aromatic carbocycles.